The van der Waals surface area contributed by atoms with Crippen molar-refractivity contribution in [2.45, 2.75) is 11.3 Å². The number of nitrogens with zero attached hydrogens (tertiary/aromatic N) is 3. The van der Waals surface area contributed by atoms with Gasteiger partial charge in [0, 0.05) is 23.6 Å². The minimum Gasteiger partial charge on any atom is -0.439 e. The molecule has 0 N–H and O–H groups in total. The lowest BCUT2D eigenvalue weighted by Crippen LogP contribution is -2.38. The van der Waals surface area contributed by atoms with Gasteiger partial charge in [0.25, 0.3) is 5.91 Å². The van der Waals surface area contributed by atoms with Crippen molar-refractivity contribution in [1.82, 2.24) is 10.1 Å². The molecule has 2 heterocycles. The molecule has 1 amide bonds. The van der Waals surface area contributed by atoms with Crippen molar-refractivity contribution in [1.29, 1.82) is 0 Å². The van der Waals surface area contributed by atoms with E-state index in [0.29, 0.717) is 18.8 Å². The van der Waals surface area contributed by atoms with Crippen molar-refractivity contribution >= 4 is 23.4 Å². The number of hydrogen-bond acceptors (Lipinski definition) is 6. The van der Waals surface area contributed by atoms with Gasteiger partial charge in [0.05, 0.1) is 5.69 Å². The molecule has 1 aromatic heterocycles. The van der Waals surface area contributed by atoms with E-state index >= 15 is 0 Å². The summed E-state index contributed by atoms with van der Waals surface area (Å²) < 4.78 is 23.4. The zero-order chi connectivity index (χ0) is 18.6. The second-order valence-electron chi connectivity index (χ2n) is 5.93. The fourth-order valence-corrected chi connectivity index (χ4v) is 3.78. The van der Waals surface area contributed by atoms with E-state index in [2.05, 4.69) is 10.1 Å². The summed E-state index contributed by atoms with van der Waals surface area (Å²) in [4.78, 5) is 19.4. The number of benzene rings is 2. The second kappa shape index (κ2) is 7.79. The van der Waals surface area contributed by atoms with Crippen molar-refractivity contribution < 1.29 is 18.4 Å². The molecule has 0 saturated carbocycles. The van der Waals surface area contributed by atoms with Crippen LogP contribution in [-0.2, 0) is 11.2 Å². The number of halogens is 1. The fourth-order valence-electron chi connectivity index (χ4n) is 2.78. The number of fused-ring (bicyclic) bond motifs is 1. The minimum atomic E-state index is -0.299. The predicted molar refractivity (Wildman–Crippen MR) is 98.5 cm³/mol. The number of ether oxygens (including phenoxy) is 1. The Kier molecular flexibility index (Phi) is 5.06. The molecule has 6 nitrogen and oxygen atoms in total. The van der Waals surface area contributed by atoms with Crippen LogP contribution in [0.4, 0.5) is 10.1 Å². The van der Waals surface area contributed by atoms with Gasteiger partial charge in [-0.15, -0.1) is 11.8 Å². The third-order valence-corrected chi connectivity index (χ3v) is 5.12. The molecule has 0 fully saturated rings. The molecule has 2 aromatic carbocycles. The first-order valence-electron chi connectivity index (χ1n) is 8.41. The van der Waals surface area contributed by atoms with Gasteiger partial charge in [0.15, 0.2) is 12.4 Å². The number of rotatable bonds is 5. The van der Waals surface area contributed by atoms with Gasteiger partial charge in [0.2, 0.25) is 0 Å². The van der Waals surface area contributed by atoms with Gasteiger partial charge in [-0.3, -0.25) is 9.32 Å². The quantitative estimate of drug-likeness (QED) is 0.671. The number of hydrogen-bond donors (Lipinski definition) is 0. The van der Waals surface area contributed by atoms with Gasteiger partial charge in [-0.1, -0.05) is 29.4 Å². The Morgan fingerprint density at radius 2 is 2.04 bits per heavy atom. The van der Waals surface area contributed by atoms with E-state index in [9.17, 15) is 9.18 Å². The molecule has 0 atom stereocenters. The molecule has 8 heteroatoms. The molecule has 1 aliphatic rings. The molecule has 138 valence electrons. The highest BCUT2D eigenvalue weighted by Gasteiger charge is 2.23. The van der Waals surface area contributed by atoms with Crippen LogP contribution in [0.15, 0.2) is 57.9 Å². The van der Waals surface area contributed by atoms with Crippen LogP contribution in [0.2, 0.25) is 0 Å². The van der Waals surface area contributed by atoms with Crippen LogP contribution in [0.5, 0.6) is 6.08 Å². The van der Waals surface area contributed by atoms with E-state index in [4.69, 9.17) is 9.26 Å². The minimum absolute atomic E-state index is 0.0554. The number of para-hydroxylation sites is 1. The Morgan fingerprint density at radius 3 is 2.89 bits per heavy atom. The number of amides is 1. The van der Waals surface area contributed by atoms with Crippen LogP contribution in [0.3, 0.4) is 0 Å². The largest absolute Gasteiger partial charge is 0.439 e. The number of anilines is 1. The zero-order valence-corrected chi connectivity index (χ0v) is 15.1. The van der Waals surface area contributed by atoms with Gasteiger partial charge in [0.1, 0.15) is 5.82 Å². The van der Waals surface area contributed by atoms with Crippen molar-refractivity contribution in [3.05, 3.63) is 65.7 Å². The number of aromatic nitrogens is 2. The summed E-state index contributed by atoms with van der Waals surface area (Å²) in [6, 6.07) is 13.8. The first-order valence-corrected chi connectivity index (χ1v) is 9.39. The average molecular weight is 385 g/mol. The molecule has 0 spiro atoms. The SMILES string of the molecule is O=C(COc1nc(Cc2ccc(F)cc2)no1)N1CCSc2ccccc21. The maximum atomic E-state index is 12.9. The standard InChI is InChI=1S/C19H16FN3O3S/c20-14-7-5-13(6-8-14)11-17-21-19(26-22-17)25-12-18(24)23-9-10-27-16-4-2-1-3-15(16)23/h1-8H,9-12H2. The highest BCUT2D eigenvalue weighted by molar-refractivity contribution is 7.99. The first-order chi connectivity index (χ1) is 13.2. The molecule has 0 bridgehead atoms. The monoisotopic (exact) mass is 385 g/mol. The smallest absolute Gasteiger partial charge is 0.417 e. The van der Waals surface area contributed by atoms with Crippen molar-refractivity contribution in [3.8, 4) is 6.08 Å². The van der Waals surface area contributed by atoms with Gasteiger partial charge in [-0.25, -0.2) is 4.39 Å². The van der Waals surface area contributed by atoms with Gasteiger partial charge in [-0.2, -0.15) is 4.98 Å². The molecule has 0 aliphatic carbocycles. The molecule has 0 unspecified atom stereocenters. The van der Waals surface area contributed by atoms with Crippen molar-refractivity contribution in [2.24, 2.45) is 0 Å². The lowest BCUT2D eigenvalue weighted by Gasteiger charge is -2.28. The van der Waals surface area contributed by atoms with Gasteiger partial charge >= 0.3 is 6.08 Å². The Labute approximate surface area is 159 Å². The van der Waals surface area contributed by atoms with Crippen LogP contribution in [-0.4, -0.2) is 35.0 Å². The molecular weight excluding hydrogens is 369 g/mol. The lowest BCUT2D eigenvalue weighted by molar-refractivity contribution is -0.121. The van der Waals surface area contributed by atoms with Gasteiger partial charge < -0.3 is 9.64 Å². The highest BCUT2D eigenvalue weighted by atomic mass is 32.2. The molecular formula is C19H16FN3O3S. The summed E-state index contributed by atoms with van der Waals surface area (Å²) in [6.45, 7) is 0.445. The van der Waals surface area contributed by atoms with E-state index in [1.807, 2.05) is 24.3 Å². The summed E-state index contributed by atoms with van der Waals surface area (Å²) in [7, 11) is 0. The predicted octanol–water partition coefficient (Wildman–Crippen LogP) is 3.32. The normalized spacial score (nSPS) is 13.3. The maximum absolute atomic E-state index is 12.9. The molecule has 3 aromatic rings. The van der Waals surface area contributed by atoms with Crippen molar-refractivity contribution in [2.75, 3.05) is 23.8 Å². The highest BCUT2D eigenvalue weighted by Crippen LogP contribution is 2.34. The topological polar surface area (TPSA) is 68.5 Å². The van der Waals surface area contributed by atoms with Crippen LogP contribution in [0.1, 0.15) is 11.4 Å². The molecule has 0 radical (unpaired) electrons. The summed E-state index contributed by atoms with van der Waals surface area (Å²) in [5.74, 6) is 0.780. The van der Waals surface area contributed by atoms with Crippen molar-refractivity contribution in [3.63, 3.8) is 0 Å². The molecule has 27 heavy (non-hydrogen) atoms. The Morgan fingerprint density at radius 1 is 1.22 bits per heavy atom. The zero-order valence-electron chi connectivity index (χ0n) is 14.3. The van der Waals surface area contributed by atoms with Crippen LogP contribution in [0.25, 0.3) is 0 Å². The Bertz CT molecular complexity index is 945. The summed E-state index contributed by atoms with van der Waals surface area (Å²) in [5.41, 5.74) is 1.74. The molecule has 0 saturated heterocycles. The van der Waals surface area contributed by atoms with Crippen LogP contribution < -0.4 is 9.64 Å². The first kappa shape index (κ1) is 17.5. The number of thioether (sulfide) groups is 1. The fraction of sp³-hybridized carbons (Fsp3) is 0.211. The Hall–Kier alpha value is -2.87. The summed E-state index contributed by atoms with van der Waals surface area (Å²) >= 11 is 1.73. The summed E-state index contributed by atoms with van der Waals surface area (Å²) in [6.07, 6.45) is 0.331. The number of carbonyl (C=O) groups excluding carboxylic acids is 1. The molecule has 1 aliphatic heterocycles. The number of carbonyl (C=O) groups is 1. The third kappa shape index (κ3) is 4.11. The second-order valence-corrected chi connectivity index (χ2v) is 7.07. The van der Waals surface area contributed by atoms with Crippen LogP contribution in [0, 0.1) is 5.82 Å². The maximum Gasteiger partial charge on any atom is 0.417 e. The summed E-state index contributed by atoms with van der Waals surface area (Å²) in [5, 5.41) is 3.83. The molecule has 4 rings (SSSR count). The third-order valence-electron chi connectivity index (χ3n) is 4.07. The van der Waals surface area contributed by atoms with E-state index < -0.39 is 0 Å². The Balaban J connectivity index is 1.36. The lowest BCUT2D eigenvalue weighted by atomic mass is 10.1. The van der Waals surface area contributed by atoms with E-state index in [-0.39, 0.29) is 24.4 Å². The van der Waals surface area contributed by atoms with E-state index in [1.54, 1.807) is 28.8 Å². The average Bonchev–Trinajstić information content (AvgIpc) is 3.15. The van der Waals surface area contributed by atoms with Gasteiger partial charge in [-0.05, 0) is 29.8 Å². The van der Waals surface area contributed by atoms with E-state index in [0.717, 1.165) is 21.9 Å². The van der Waals surface area contributed by atoms with Crippen LogP contribution >= 0.6 is 11.8 Å². The van der Waals surface area contributed by atoms with E-state index in [1.165, 1.54) is 12.1 Å².